The third-order valence-electron chi connectivity index (χ3n) is 4.67. The van der Waals surface area contributed by atoms with Gasteiger partial charge in [0.15, 0.2) is 0 Å². The Kier molecular flexibility index (Phi) is 6.29. The number of aryl methyl sites for hydroxylation is 1. The van der Waals surface area contributed by atoms with Crippen molar-refractivity contribution in [3.05, 3.63) is 41.6 Å². The van der Waals surface area contributed by atoms with Gasteiger partial charge < -0.3 is 15.4 Å². The maximum absolute atomic E-state index is 5.39. The van der Waals surface area contributed by atoms with Gasteiger partial charge in [-0.15, -0.1) is 0 Å². The molecular formula is C21H31N5O. The highest BCUT2D eigenvalue weighted by molar-refractivity contribution is 5.61. The first-order valence-corrected chi connectivity index (χ1v) is 9.68. The Morgan fingerprint density at radius 1 is 1.11 bits per heavy atom. The maximum atomic E-state index is 5.39. The van der Waals surface area contributed by atoms with Gasteiger partial charge >= 0.3 is 0 Å². The zero-order valence-corrected chi connectivity index (χ0v) is 16.9. The molecule has 0 amide bonds. The second-order valence-corrected chi connectivity index (χ2v) is 8.02. The lowest BCUT2D eigenvalue weighted by molar-refractivity contribution is 0.0398. The normalized spacial score (nSPS) is 15.6. The van der Waals surface area contributed by atoms with Crippen LogP contribution in [0.2, 0.25) is 0 Å². The molecule has 0 atom stereocenters. The largest absolute Gasteiger partial charge is 0.379 e. The molecule has 0 bridgehead atoms. The molecule has 0 spiro atoms. The standard InChI is InChI=1S/C21H31N5O/c1-16-15-19(22-9-10-26-11-13-27-14-12-26)25-20(23-16)24-18-8-6-5-7-17(18)21(2,3)4/h5-8,15H,9-14H2,1-4H3,(H2,22,23,24,25). The Bertz CT molecular complexity index is 750. The number of nitrogens with one attached hydrogen (secondary N) is 2. The van der Waals surface area contributed by atoms with E-state index in [1.165, 1.54) is 5.56 Å². The monoisotopic (exact) mass is 369 g/mol. The third kappa shape index (κ3) is 5.65. The Morgan fingerprint density at radius 2 is 1.85 bits per heavy atom. The van der Waals surface area contributed by atoms with Crippen molar-refractivity contribution in [2.75, 3.05) is 50.0 Å². The van der Waals surface area contributed by atoms with Gasteiger partial charge in [-0.2, -0.15) is 4.98 Å². The molecule has 27 heavy (non-hydrogen) atoms. The van der Waals surface area contributed by atoms with E-state index in [1.807, 2.05) is 19.1 Å². The van der Waals surface area contributed by atoms with Crippen LogP contribution in [0.25, 0.3) is 0 Å². The summed E-state index contributed by atoms with van der Waals surface area (Å²) in [5, 5.41) is 6.84. The maximum Gasteiger partial charge on any atom is 0.229 e. The second-order valence-electron chi connectivity index (χ2n) is 8.02. The first kappa shape index (κ1) is 19.6. The molecule has 1 aliphatic rings. The molecule has 6 nitrogen and oxygen atoms in total. The van der Waals surface area contributed by atoms with Crippen molar-refractivity contribution in [1.29, 1.82) is 0 Å². The third-order valence-corrected chi connectivity index (χ3v) is 4.67. The summed E-state index contributed by atoms with van der Waals surface area (Å²) in [5.41, 5.74) is 3.29. The van der Waals surface area contributed by atoms with Crippen LogP contribution in [0.5, 0.6) is 0 Å². The van der Waals surface area contributed by atoms with Crippen molar-refractivity contribution < 1.29 is 4.74 Å². The summed E-state index contributed by atoms with van der Waals surface area (Å²) in [7, 11) is 0. The summed E-state index contributed by atoms with van der Waals surface area (Å²) >= 11 is 0. The van der Waals surface area contributed by atoms with Crippen molar-refractivity contribution in [3.8, 4) is 0 Å². The van der Waals surface area contributed by atoms with Crippen LogP contribution >= 0.6 is 0 Å². The van der Waals surface area contributed by atoms with E-state index in [-0.39, 0.29) is 5.41 Å². The molecule has 3 rings (SSSR count). The number of anilines is 3. The smallest absolute Gasteiger partial charge is 0.229 e. The summed E-state index contributed by atoms with van der Waals surface area (Å²) in [5.74, 6) is 1.48. The summed E-state index contributed by atoms with van der Waals surface area (Å²) < 4.78 is 5.39. The number of hydrogen-bond acceptors (Lipinski definition) is 6. The van der Waals surface area contributed by atoms with Crippen molar-refractivity contribution in [2.24, 2.45) is 0 Å². The molecule has 0 radical (unpaired) electrons. The van der Waals surface area contributed by atoms with Gasteiger partial charge in [0.25, 0.3) is 0 Å². The molecule has 6 heteroatoms. The molecule has 1 fully saturated rings. The molecule has 1 saturated heterocycles. The first-order chi connectivity index (χ1) is 12.9. The molecule has 1 aromatic carbocycles. The molecule has 2 N–H and O–H groups in total. The topological polar surface area (TPSA) is 62.3 Å². The Labute approximate surface area is 162 Å². The Balaban J connectivity index is 1.67. The minimum atomic E-state index is 0.0483. The van der Waals surface area contributed by atoms with E-state index < -0.39 is 0 Å². The number of aromatic nitrogens is 2. The zero-order chi connectivity index (χ0) is 19.3. The predicted molar refractivity (Wildman–Crippen MR) is 111 cm³/mol. The first-order valence-electron chi connectivity index (χ1n) is 9.68. The van der Waals surface area contributed by atoms with Crippen LogP contribution in [0.4, 0.5) is 17.5 Å². The van der Waals surface area contributed by atoms with E-state index in [1.54, 1.807) is 0 Å². The average Bonchev–Trinajstić information content (AvgIpc) is 2.62. The van der Waals surface area contributed by atoms with Gasteiger partial charge in [0.05, 0.1) is 13.2 Å². The summed E-state index contributed by atoms with van der Waals surface area (Å²) in [6.07, 6.45) is 0. The fourth-order valence-electron chi connectivity index (χ4n) is 3.25. The lowest BCUT2D eigenvalue weighted by Gasteiger charge is -2.26. The molecule has 0 saturated carbocycles. The molecule has 146 valence electrons. The molecular weight excluding hydrogens is 338 g/mol. The zero-order valence-electron chi connectivity index (χ0n) is 16.9. The van der Waals surface area contributed by atoms with Crippen LogP contribution in [0.3, 0.4) is 0 Å². The highest BCUT2D eigenvalue weighted by atomic mass is 16.5. The number of morpholine rings is 1. The van der Waals surface area contributed by atoms with Gasteiger partial charge in [0, 0.05) is 43.6 Å². The van der Waals surface area contributed by atoms with Gasteiger partial charge in [-0.05, 0) is 24.0 Å². The summed E-state index contributed by atoms with van der Waals surface area (Å²) in [6, 6.07) is 10.3. The van der Waals surface area contributed by atoms with Crippen LogP contribution < -0.4 is 10.6 Å². The lowest BCUT2D eigenvalue weighted by atomic mass is 9.86. The molecule has 0 aliphatic carbocycles. The van der Waals surface area contributed by atoms with Crippen LogP contribution in [-0.4, -0.2) is 54.3 Å². The number of ether oxygens (including phenoxy) is 1. The highest BCUT2D eigenvalue weighted by Crippen LogP contribution is 2.30. The van der Waals surface area contributed by atoms with Gasteiger partial charge in [-0.1, -0.05) is 39.0 Å². The SMILES string of the molecule is Cc1cc(NCCN2CCOCC2)nc(Nc2ccccc2C(C)(C)C)n1. The summed E-state index contributed by atoms with van der Waals surface area (Å²) in [4.78, 5) is 11.6. The van der Waals surface area contributed by atoms with Crippen LogP contribution in [-0.2, 0) is 10.2 Å². The van der Waals surface area contributed by atoms with Crippen LogP contribution in [0, 0.1) is 6.92 Å². The lowest BCUT2D eigenvalue weighted by Crippen LogP contribution is -2.39. The number of nitrogens with zero attached hydrogens (tertiary/aromatic N) is 3. The molecule has 2 heterocycles. The number of rotatable bonds is 6. The van der Waals surface area contributed by atoms with Crippen molar-refractivity contribution in [3.63, 3.8) is 0 Å². The van der Waals surface area contributed by atoms with Crippen LogP contribution in [0.15, 0.2) is 30.3 Å². The Hall–Kier alpha value is -2.18. The minimum absolute atomic E-state index is 0.0483. The van der Waals surface area contributed by atoms with E-state index in [2.05, 4.69) is 64.5 Å². The number of hydrogen-bond donors (Lipinski definition) is 2. The van der Waals surface area contributed by atoms with E-state index >= 15 is 0 Å². The fourth-order valence-corrected chi connectivity index (χ4v) is 3.25. The molecule has 1 aromatic heterocycles. The van der Waals surface area contributed by atoms with Crippen molar-refractivity contribution >= 4 is 17.5 Å². The van der Waals surface area contributed by atoms with Crippen LogP contribution in [0.1, 0.15) is 32.0 Å². The average molecular weight is 370 g/mol. The van der Waals surface area contributed by atoms with E-state index in [0.29, 0.717) is 5.95 Å². The number of para-hydroxylation sites is 1. The highest BCUT2D eigenvalue weighted by Gasteiger charge is 2.18. The van der Waals surface area contributed by atoms with E-state index in [9.17, 15) is 0 Å². The van der Waals surface area contributed by atoms with Gasteiger partial charge in [-0.25, -0.2) is 4.98 Å². The second kappa shape index (κ2) is 8.67. The van der Waals surface area contributed by atoms with Crippen molar-refractivity contribution in [1.82, 2.24) is 14.9 Å². The van der Waals surface area contributed by atoms with Gasteiger partial charge in [-0.3, -0.25) is 4.90 Å². The van der Waals surface area contributed by atoms with Gasteiger partial charge in [0.2, 0.25) is 5.95 Å². The van der Waals surface area contributed by atoms with Crippen molar-refractivity contribution in [2.45, 2.75) is 33.1 Å². The summed E-state index contributed by atoms with van der Waals surface area (Å²) in [6.45, 7) is 14.1. The quantitative estimate of drug-likeness (QED) is 0.812. The van der Waals surface area contributed by atoms with E-state index in [4.69, 9.17) is 4.74 Å². The molecule has 0 unspecified atom stereocenters. The van der Waals surface area contributed by atoms with E-state index in [0.717, 1.165) is 56.6 Å². The number of benzene rings is 1. The fraction of sp³-hybridized carbons (Fsp3) is 0.524. The minimum Gasteiger partial charge on any atom is -0.379 e. The molecule has 2 aromatic rings. The van der Waals surface area contributed by atoms with Gasteiger partial charge in [0.1, 0.15) is 5.82 Å². The predicted octanol–water partition coefficient (Wildman–Crippen LogP) is 3.57. The Morgan fingerprint density at radius 3 is 2.59 bits per heavy atom. The molecule has 1 aliphatic heterocycles.